The minimum Gasteiger partial charge on any atom is -0.497 e. The van der Waals surface area contributed by atoms with Gasteiger partial charge in [0.2, 0.25) is 0 Å². The monoisotopic (exact) mass is 262 g/mol. The van der Waals surface area contributed by atoms with Gasteiger partial charge in [-0.05, 0) is 37.8 Å². The topological polar surface area (TPSA) is 68.3 Å². The van der Waals surface area contributed by atoms with Crippen molar-refractivity contribution in [1.82, 2.24) is 0 Å². The van der Waals surface area contributed by atoms with Gasteiger partial charge in [-0.1, -0.05) is 6.07 Å². The van der Waals surface area contributed by atoms with Crippen molar-refractivity contribution in [3.63, 3.8) is 0 Å². The standard InChI is InChI=1S/C15H22N2O2/c1-12(17)10-13-6-7-14(18-2)11-15(13)19-9-5-3-4-8-16/h6-7,11-12H,3-5,9-10,17H2,1-2H3. The molecule has 0 fully saturated rings. The molecule has 1 atom stereocenters. The molecule has 0 aromatic heterocycles. The number of hydrogen-bond acceptors (Lipinski definition) is 4. The molecule has 0 saturated heterocycles. The quantitative estimate of drug-likeness (QED) is 0.731. The number of methoxy groups -OCH3 is 1. The summed E-state index contributed by atoms with van der Waals surface area (Å²) in [5, 5.41) is 8.47. The molecule has 1 unspecified atom stereocenters. The van der Waals surface area contributed by atoms with Crippen molar-refractivity contribution < 1.29 is 9.47 Å². The van der Waals surface area contributed by atoms with Gasteiger partial charge >= 0.3 is 0 Å². The molecule has 1 rings (SSSR count). The zero-order chi connectivity index (χ0) is 14.1. The van der Waals surface area contributed by atoms with E-state index in [0.29, 0.717) is 13.0 Å². The molecule has 0 aliphatic heterocycles. The SMILES string of the molecule is COc1ccc(CC(C)N)c(OCCCCC#N)c1. The van der Waals surface area contributed by atoms with Crippen LogP contribution in [0.15, 0.2) is 18.2 Å². The van der Waals surface area contributed by atoms with E-state index in [-0.39, 0.29) is 6.04 Å². The molecule has 0 aliphatic carbocycles. The molecule has 1 aromatic carbocycles. The van der Waals surface area contributed by atoms with Crippen molar-refractivity contribution in [3.05, 3.63) is 23.8 Å². The Balaban J connectivity index is 2.63. The second-order valence-corrected chi connectivity index (χ2v) is 4.62. The lowest BCUT2D eigenvalue weighted by Crippen LogP contribution is -2.18. The molecule has 0 radical (unpaired) electrons. The van der Waals surface area contributed by atoms with E-state index in [2.05, 4.69) is 6.07 Å². The van der Waals surface area contributed by atoms with Crippen molar-refractivity contribution in [1.29, 1.82) is 5.26 Å². The van der Waals surface area contributed by atoms with Gasteiger partial charge in [-0.15, -0.1) is 0 Å². The fraction of sp³-hybridized carbons (Fsp3) is 0.533. The molecule has 0 aliphatic rings. The highest BCUT2D eigenvalue weighted by Gasteiger charge is 2.08. The summed E-state index contributed by atoms with van der Waals surface area (Å²) < 4.78 is 11.0. The molecule has 0 heterocycles. The first kappa shape index (κ1) is 15.3. The summed E-state index contributed by atoms with van der Waals surface area (Å²) in [4.78, 5) is 0. The summed E-state index contributed by atoms with van der Waals surface area (Å²) in [5.41, 5.74) is 6.93. The van der Waals surface area contributed by atoms with Crippen LogP contribution in [-0.2, 0) is 6.42 Å². The van der Waals surface area contributed by atoms with Crippen LogP contribution >= 0.6 is 0 Å². The molecular formula is C15H22N2O2. The highest BCUT2D eigenvalue weighted by molar-refractivity contribution is 5.41. The molecule has 19 heavy (non-hydrogen) atoms. The van der Waals surface area contributed by atoms with E-state index in [0.717, 1.165) is 36.3 Å². The van der Waals surface area contributed by atoms with Gasteiger partial charge in [0, 0.05) is 18.5 Å². The second-order valence-electron chi connectivity index (χ2n) is 4.62. The predicted octanol–water partition coefficient (Wildman–Crippen LogP) is 2.66. The summed E-state index contributed by atoms with van der Waals surface area (Å²) in [6.07, 6.45) is 3.09. The Morgan fingerprint density at radius 3 is 2.79 bits per heavy atom. The normalized spacial score (nSPS) is 11.7. The summed E-state index contributed by atoms with van der Waals surface area (Å²) in [5.74, 6) is 1.61. The number of benzene rings is 1. The Morgan fingerprint density at radius 2 is 2.16 bits per heavy atom. The summed E-state index contributed by atoms with van der Waals surface area (Å²) in [6, 6.07) is 8.02. The van der Waals surface area contributed by atoms with Crippen LogP contribution < -0.4 is 15.2 Å². The van der Waals surface area contributed by atoms with Crippen LogP contribution in [0.1, 0.15) is 31.7 Å². The van der Waals surface area contributed by atoms with Crippen molar-refractivity contribution in [2.24, 2.45) is 5.73 Å². The van der Waals surface area contributed by atoms with E-state index in [4.69, 9.17) is 20.5 Å². The lowest BCUT2D eigenvalue weighted by atomic mass is 10.1. The van der Waals surface area contributed by atoms with Crippen LogP contribution in [0, 0.1) is 11.3 Å². The number of rotatable bonds is 8. The number of nitrogens with zero attached hydrogens (tertiary/aromatic N) is 1. The molecule has 1 aromatic rings. The minimum absolute atomic E-state index is 0.0920. The Hall–Kier alpha value is -1.73. The molecule has 104 valence electrons. The van der Waals surface area contributed by atoms with Crippen LogP contribution in [0.2, 0.25) is 0 Å². The second kappa shape index (κ2) is 8.39. The Bertz CT molecular complexity index is 425. The van der Waals surface area contributed by atoms with Gasteiger partial charge in [0.1, 0.15) is 11.5 Å². The lowest BCUT2D eigenvalue weighted by molar-refractivity contribution is 0.301. The molecule has 2 N–H and O–H groups in total. The Morgan fingerprint density at radius 1 is 1.37 bits per heavy atom. The number of nitriles is 1. The number of unbranched alkanes of at least 4 members (excludes halogenated alkanes) is 2. The first-order chi connectivity index (χ1) is 9.17. The zero-order valence-electron chi connectivity index (χ0n) is 11.7. The van der Waals surface area contributed by atoms with Crippen molar-refractivity contribution in [3.8, 4) is 17.6 Å². The van der Waals surface area contributed by atoms with Gasteiger partial charge < -0.3 is 15.2 Å². The van der Waals surface area contributed by atoms with Gasteiger partial charge in [-0.25, -0.2) is 0 Å². The third-order valence-electron chi connectivity index (χ3n) is 2.76. The van der Waals surface area contributed by atoms with Gasteiger partial charge in [0.25, 0.3) is 0 Å². The third-order valence-corrected chi connectivity index (χ3v) is 2.76. The maximum Gasteiger partial charge on any atom is 0.126 e. The van der Waals surface area contributed by atoms with Crippen molar-refractivity contribution >= 4 is 0 Å². The number of hydrogen-bond donors (Lipinski definition) is 1. The third kappa shape index (κ3) is 5.62. The summed E-state index contributed by atoms with van der Waals surface area (Å²) >= 11 is 0. The van der Waals surface area contributed by atoms with Crippen LogP contribution in [0.5, 0.6) is 11.5 Å². The molecule has 0 bridgehead atoms. The van der Waals surface area contributed by atoms with Crippen molar-refractivity contribution in [2.75, 3.05) is 13.7 Å². The van der Waals surface area contributed by atoms with E-state index in [1.54, 1.807) is 7.11 Å². The zero-order valence-corrected chi connectivity index (χ0v) is 11.7. The average Bonchev–Trinajstić information content (AvgIpc) is 2.39. The fourth-order valence-electron chi connectivity index (χ4n) is 1.80. The maximum atomic E-state index is 8.47. The highest BCUT2D eigenvalue weighted by Crippen LogP contribution is 2.26. The summed E-state index contributed by atoms with van der Waals surface area (Å²) in [7, 11) is 1.64. The fourth-order valence-corrected chi connectivity index (χ4v) is 1.80. The van der Waals surface area contributed by atoms with E-state index < -0.39 is 0 Å². The van der Waals surface area contributed by atoms with Crippen LogP contribution in [-0.4, -0.2) is 19.8 Å². The van der Waals surface area contributed by atoms with Crippen molar-refractivity contribution in [2.45, 2.75) is 38.6 Å². The number of nitrogens with two attached hydrogens (primary N) is 1. The van der Waals surface area contributed by atoms with Gasteiger partial charge in [-0.3, -0.25) is 0 Å². The first-order valence-electron chi connectivity index (χ1n) is 6.59. The van der Waals surface area contributed by atoms with E-state index in [1.807, 2.05) is 25.1 Å². The highest BCUT2D eigenvalue weighted by atomic mass is 16.5. The Labute approximate surface area is 115 Å². The van der Waals surface area contributed by atoms with E-state index >= 15 is 0 Å². The maximum absolute atomic E-state index is 8.47. The van der Waals surface area contributed by atoms with Crippen LogP contribution in [0.3, 0.4) is 0 Å². The first-order valence-corrected chi connectivity index (χ1v) is 6.59. The van der Waals surface area contributed by atoms with Gasteiger partial charge in [-0.2, -0.15) is 5.26 Å². The van der Waals surface area contributed by atoms with E-state index in [9.17, 15) is 0 Å². The van der Waals surface area contributed by atoms with Gasteiger partial charge in [0.15, 0.2) is 0 Å². The molecule has 4 nitrogen and oxygen atoms in total. The molecule has 0 saturated carbocycles. The summed E-state index contributed by atoms with van der Waals surface area (Å²) in [6.45, 7) is 2.59. The molecular weight excluding hydrogens is 240 g/mol. The molecule has 4 heteroatoms. The smallest absolute Gasteiger partial charge is 0.126 e. The minimum atomic E-state index is 0.0920. The van der Waals surface area contributed by atoms with Crippen LogP contribution in [0.25, 0.3) is 0 Å². The largest absolute Gasteiger partial charge is 0.497 e. The molecule has 0 spiro atoms. The lowest BCUT2D eigenvalue weighted by Gasteiger charge is -2.14. The van der Waals surface area contributed by atoms with Crippen LogP contribution in [0.4, 0.5) is 0 Å². The average molecular weight is 262 g/mol. The molecule has 0 amide bonds. The predicted molar refractivity (Wildman–Crippen MR) is 75.3 cm³/mol. The van der Waals surface area contributed by atoms with Gasteiger partial charge in [0.05, 0.1) is 19.8 Å². The number of ether oxygens (including phenoxy) is 2. The van der Waals surface area contributed by atoms with E-state index in [1.165, 1.54) is 0 Å². The Kier molecular flexibility index (Phi) is 6.76.